The third-order valence-corrected chi connectivity index (χ3v) is 2.51. The molecule has 0 radical (unpaired) electrons. The smallest absolute Gasteiger partial charge is 0.183 e. The Hall–Kier alpha value is -1.34. The number of rotatable bonds is 3. The fourth-order valence-electron chi connectivity index (χ4n) is 1.16. The highest BCUT2D eigenvalue weighted by Crippen LogP contribution is 2.25. The van der Waals surface area contributed by atoms with Gasteiger partial charge in [0, 0.05) is 4.47 Å². The molecule has 0 saturated heterocycles. The zero-order valence-corrected chi connectivity index (χ0v) is 10.0. The summed E-state index contributed by atoms with van der Waals surface area (Å²) in [5.74, 6) is -0.394. The number of carbonyl (C=O) groups is 1. The first-order chi connectivity index (χ1) is 7.10. The molecule has 0 aromatic heterocycles. The van der Waals surface area contributed by atoms with Gasteiger partial charge in [0.25, 0.3) is 0 Å². The van der Waals surface area contributed by atoms with Gasteiger partial charge in [-0.05, 0) is 25.1 Å². The second-order valence-corrected chi connectivity index (χ2v) is 3.98. The molecule has 1 aromatic rings. The van der Waals surface area contributed by atoms with Crippen LogP contribution in [0.3, 0.4) is 0 Å². The van der Waals surface area contributed by atoms with Gasteiger partial charge in [0.2, 0.25) is 0 Å². The van der Waals surface area contributed by atoms with Gasteiger partial charge in [-0.25, -0.2) is 0 Å². The van der Waals surface area contributed by atoms with Crippen molar-refractivity contribution >= 4 is 21.7 Å². The number of hydrogen-bond donors (Lipinski definition) is 0. The van der Waals surface area contributed by atoms with Gasteiger partial charge in [-0.2, -0.15) is 5.26 Å². The van der Waals surface area contributed by atoms with Crippen LogP contribution in [0.2, 0.25) is 0 Å². The summed E-state index contributed by atoms with van der Waals surface area (Å²) in [5.41, 5.74) is 0.431. The van der Waals surface area contributed by atoms with Gasteiger partial charge in [0.05, 0.1) is 18.7 Å². The van der Waals surface area contributed by atoms with Gasteiger partial charge in [0.1, 0.15) is 11.7 Å². The van der Waals surface area contributed by atoms with Crippen molar-refractivity contribution < 1.29 is 9.53 Å². The van der Waals surface area contributed by atoms with Gasteiger partial charge in [-0.1, -0.05) is 15.9 Å². The Morgan fingerprint density at radius 2 is 2.27 bits per heavy atom. The van der Waals surface area contributed by atoms with Crippen LogP contribution in [0.5, 0.6) is 5.75 Å². The van der Waals surface area contributed by atoms with Crippen LogP contribution in [0, 0.1) is 17.2 Å². The van der Waals surface area contributed by atoms with E-state index in [0.717, 1.165) is 4.47 Å². The molecule has 1 aromatic carbocycles. The van der Waals surface area contributed by atoms with E-state index in [4.69, 9.17) is 10.00 Å². The van der Waals surface area contributed by atoms with Crippen LogP contribution in [0.1, 0.15) is 17.3 Å². The molecule has 0 N–H and O–H groups in total. The van der Waals surface area contributed by atoms with Crippen LogP contribution in [0.15, 0.2) is 22.7 Å². The highest BCUT2D eigenvalue weighted by Gasteiger charge is 2.18. The highest BCUT2D eigenvalue weighted by molar-refractivity contribution is 9.10. The number of methoxy groups -OCH3 is 1. The minimum Gasteiger partial charge on any atom is -0.496 e. The summed E-state index contributed by atoms with van der Waals surface area (Å²) in [6, 6.07) is 7.06. The van der Waals surface area contributed by atoms with Crippen LogP contribution in [-0.4, -0.2) is 12.9 Å². The van der Waals surface area contributed by atoms with Gasteiger partial charge in [-0.3, -0.25) is 4.79 Å². The molecule has 0 saturated carbocycles. The molecule has 1 atom stereocenters. The van der Waals surface area contributed by atoms with Gasteiger partial charge in [0.15, 0.2) is 5.78 Å². The first kappa shape index (κ1) is 11.7. The van der Waals surface area contributed by atoms with Crippen LogP contribution in [-0.2, 0) is 0 Å². The van der Waals surface area contributed by atoms with Gasteiger partial charge >= 0.3 is 0 Å². The fraction of sp³-hybridized carbons (Fsp3) is 0.273. The minimum absolute atomic E-state index is 0.226. The second kappa shape index (κ2) is 4.94. The lowest BCUT2D eigenvalue weighted by atomic mass is 10.00. The third kappa shape index (κ3) is 2.57. The number of hydrogen-bond acceptors (Lipinski definition) is 3. The summed E-state index contributed by atoms with van der Waals surface area (Å²) < 4.78 is 5.85. The number of ether oxygens (including phenoxy) is 1. The number of benzene rings is 1. The maximum atomic E-state index is 11.8. The maximum Gasteiger partial charge on any atom is 0.183 e. The molecule has 1 unspecified atom stereocenters. The van der Waals surface area contributed by atoms with Crippen molar-refractivity contribution in [2.75, 3.05) is 7.11 Å². The molecule has 0 bridgehead atoms. The van der Waals surface area contributed by atoms with Crippen LogP contribution < -0.4 is 4.74 Å². The Bertz CT molecular complexity index is 423. The Labute approximate surface area is 96.8 Å². The molecule has 15 heavy (non-hydrogen) atoms. The van der Waals surface area contributed by atoms with Crippen molar-refractivity contribution in [1.29, 1.82) is 5.26 Å². The van der Waals surface area contributed by atoms with E-state index in [1.807, 2.05) is 6.07 Å². The molecule has 0 aliphatic rings. The predicted molar refractivity (Wildman–Crippen MR) is 59.8 cm³/mol. The van der Waals surface area contributed by atoms with Gasteiger partial charge in [-0.15, -0.1) is 0 Å². The molecule has 0 aliphatic heterocycles. The standard InChI is InChI=1S/C11H10BrNO2/c1-7(6-13)11(14)9-5-8(12)3-4-10(9)15-2/h3-5,7H,1-2H3. The van der Waals surface area contributed by atoms with Crippen molar-refractivity contribution in [3.8, 4) is 11.8 Å². The first-order valence-electron chi connectivity index (χ1n) is 4.37. The normalized spacial score (nSPS) is 11.6. The molecular formula is C11H10BrNO2. The Morgan fingerprint density at radius 3 is 2.80 bits per heavy atom. The van der Waals surface area contributed by atoms with Gasteiger partial charge < -0.3 is 4.74 Å². The van der Waals surface area contributed by atoms with Crippen molar-refractivity contribution in [2.45, 2.75) is 6.92 Å². The van der Waals surface area contributed by atoms with Crippen molar-refractivity contribution in [3.05, 3.63) is 28.2 Å². The Kier molecular flexibility index (Phi) is 3.87. The van der Waals surface area contributed by atoms with E-state index in [2.05, 4.69) is 15.9 Å². The second-order valence-electron chi connectivity index (χ2n) is 3.06. The zero-order chi connectivity index (χ0) is 11.4. The molecule has 1 rings (SSSR count). The summed E-state index contributed by atoms with van der Waals surface area (Å²) in [6.07, 6.45) is 0. The maximum absolute atomic E-state index is 11.8. The van der Waals surface area contributed by atoms with E-state index in [9.17, 15) is 4.79 Å². The summed E-state index contributed by atoms with van der Waals surface area (Å²) in [7, 11) is 1.50. The van der Waals surface area contributed by atoms with E-state index in [-0.39, 0.29) is 5.78 Å². The van der Waals surface area contributed by atoms with E-state index in [0.29, 0.717) is 11.3 Å². The third-order valence-electron chi connectivity index (χ3n) is 2.01. The predicted octanol–water partition coefficient (Wildman–Crippen LogP) is 2.80. The first-order valence-corrected chi connectivity index (χ1v) is 5.16. The molecule has 0 heterocycles. The lowest BCUT2D eigenvalue weighted by Crippen LogP contribution is -2.10. The minimum atomic E-state index is -0.659. The monoisotopic (exact) mass is 267 g/mol. The highest BCUT2D eigenvalue weighted by atomic mass is 79.9. The number of carbonyl (C=O) groups excluding carboxylic acids is 1. The van der Waals surface area contributed by atoms with E-state index in [1.54, 1.807) is 25.1 Å². The summed E-state index contributed by atoms with van der Waals surface area (Å²) in [5, 5.41) is 8.68. The molecule has 0 amide bonds. The van der Waals surface area contributed by atoms with E-state index >= 15 is 0 Å². The fourth-order valence-corrected chi connectivity index (χ4v) is 1.53. The lowest BCUT2D eigenvalue weighted by Gasteiger charge is -2.08. The van der Waals surface area contributed by atoms with Crippen LogP contribution >= 0.6 is 15.9 Å². The van der Waals surface area contributed by atoms with E-state index < -0.39 is 5.92 Å². The topological polar surface area (TPSA) is 50.1 Å². The average molecular weight is 268 g/mol. The molecule has 0 spiro atoms. The number of nitriles is 1. The SMILES string of the molecule is COc1ccc(Br)cc1C(=O)C(C)C#N. The summed E-state index contributed by atoms with van der Waals surface area (Å²) in [4.78, 5) is 11.8. The Balaban J connectivity index is 3.18. The molecule has 0 aliphatic carbocycles. The zero-order valence-electron chi connectivity index (χ0n) is 8.45. The van der Waals surface area contributed by atoms with Crippen LogP contribution in [0.25, 0.3) is 0 Å². The molecular weight excluding hydrogens is 258 g/mol. The number of nitrogens with zero attached hydrogens (tertiary/aromatic N) is 1. The van der Waals surface area contributed by atoms with Crippen molar-refractivity contribution in [3.63, 3.8) is 0 Å². The van der Waals surface area contributed by atoms with Crippen LogP contribution in [0.4, 0.5) is 0 Å². The molecule has 0 fully saturated rings. The summed E-state index contributed by atoms with van der Waals surface area (Å²) >= 11 is 3.27. The number of halogens is 1. The molecule has 78 valence electrons. The number of Topliss-reactive ketones (excluding diaryl/α,β-unsaturated/α-hetero) is 1. The number of ketones is 1. The average Bonchev–Trinajstić information content (AvgIpc) is 2.27. The van der Waals surface area contributed by atoms with Crippen molar-refractivity contribution in [1.82, 2.24) is 0 Å². The largest absolute Gasteiger partial charge is 0.496 e. The Morgan fingerprint density at radius 1 is 1.60 bits per heavy atom. The van der Waals surface area contributed by atoms with Crippen molar-refractivity contribution in [2.24, 2.45) is 5.92 Å². The quantitative estimate of drug-likeness (QED) is 0.792. The summed E-state index contributed by atoms with van der Waals surface area (Å²) in [6.45, 7) is 1.57. The molecule has 3 nitrogen and oxygen atoms in total. The lowest BCUT2D eigenvalue weighted by molar-refractivity contribution is 0.0953. The molecule has 4 heteroatoms. The van der Waals surface area contributed by atoms with E-state index in [1.165, 1.54) is 7.11 Å².